The summed E-state index contributed by atoms with van der Waals surface area (Å²) in [6.07, 6.45) is 6.51. The van der Waals surface area contributed by atoms with Crippen molar-refractivity contribution >= 4 is 29.1 Å². The molecular weight excluding hydrogens is 426 g/mol. The number of aryl methyl sites for hydroxylation is 2. The molecule has 0 unspecified atom stereocenters. The second-order valence-corrected chi connectivity index (χ2v) is 12.0. The molecule has 1 amide bonds. The zero-order valence-corrected chi connectivity index (χ0v) is 21.3. The van der Waals surface area contributed by atoms with Gasteiger partial charge in [-0.15, -0.1) is 0 Å². The molecule has 0 bridgehead atoms. The third kappa shape index (κ3) is 8.98. The number of fused-ring (bicyclic) bond motifs is 1. The van der Waals surface area contributed by atoms with Crippen LogP contribution in [-0.4, -0.2) is 51.6 Å². The SMILES string of the molecule is CC(C)(C)OC(=O)N1CCCc2ccc(CCCOCCCC=N[S@](=O)C(C)(C)C)nc21. The van der Waals surface area contributed by atoms with Gasteiger partial charge in [-0.1, -0.05) is 6.07 Å². The van der Waals surface area contributed by atoms with Gasteiger partial charge < -0.3 is 9.47 Å². The molecule has 0 aliphatic carbocycles. The first kappa shape index (κ1) is 26.5. The van der Waals surface area contributed by atoms with Crippen LogP contribution in [0.15, 0.2) is 16.5 Å². The second-order valence-electron chi connectivity index (χ2n) is 10.0. The molecule has 2 rings (SSSR count). The summed E-state index contributed by atoms with van der Waals surface area (Å²) in [6.45, 7) is 13.3. The summed E-state index contributed by atoms with van der Waals surface area (Å²) >= 11 is 0. The lowest BCUT2D eigenvalue weighted by molar-refractivity contribution is 0.0576. The Balaban J connectivity index is 1.75. The van der Waals surface area contributed by atoms with Gasteiger partial charge >= 0.3 is 6.09 Å². The Bertz CT molecular complexity index is 812. The molecule has 1 aromatic rings. The van der Waals surface area contributed by atoms with E-state index in [1.54, 1.807) is 11.1 Å². The molecule has 0 spiro atoms. The van der Waals surface area contributed by atoms with Crippen molar-refractivity contribution in [3.05, 3.63) is 23.4 Å². The largest absolute Gasteiger partial charge is 0.443 e. The number of anilines is 1. The first-order valence-corrected chi connectivity index (χ1v) is 12.6. The Morgan fingerprint density at radius 1 is 1.19 bits per heavy atom. The van der Waals surface area contributed by atoms with E-state index in [9.17, 15) is 9.00 Å². The van der Waals surface area contributed by atoms with Gasteiger partial charge in [-0.2, -0.15) is 4.40 Å². The van der Waals surface area contributed by atoms with E-state index in [2.05, 4.69) is 10.5 Å². The predicted octanol–water partition coefficient (Wildman–Crippen LogP) is 5.03. The number of hydrogen-bond donors (Lipinski definition) is 0. The minimum atomic E-state index is -1.19. The van der Waals surface area contributed by atoms with Crippen LogP contribution < -0.4 is 4.90 Å². The monoisotopic (exact) mass is 465 g/mol. The molecule has 8 heteroatoms. The maximum Gasteiger partial charge on any atom is 0.416 e. The molecule has 0 saturated carbocycles. The lowest BCUT2D eigenvalue weighted by atomic mass is 10.0. The molecule has 0 radical (unpaired) electrons. The summed E-state index contributed by atoms with van der Waals surface area (Å²) in [4.78, 5) is 19.0. The minimum absolute atomic E-state index is 0.318. The third-order valence-corrected chi connectivity index (χ3v) is 6.14. The van der Waals surface area contributed by atoms with Crippen LogP contribution in [0.25, 0.3) is 0 Å². The van der Waals surface area contributed by atoms with Crippen molar-refractivity contribution in [2.75, 3.05) is 24.7 Å². The van der Waals surface area contributed by atoms with Crippen molar-refractivity contribution in [3.63, 3.8) is 0 Å². The maximum absolute atomic E-state index is 12.6. The summed E-state index contributed by atoms with van der Waals surface area (Å²) in [5.74, 6) is 0.732. The molecule has 2 heterocycles. The van der Waals surface area contributed by atoms with E-state index in [4.69, 9.17) is 14.5 Å². The van der Waals surface area contributed by atoms with Gasteiger partial charge in [-0.3, -0.25) is 4.90 Å². The summed E-state index contributed by atoms with van der Waals surface area (Å²) in [5.41, 5.74) is 1.52. The standard InChI is InChI=1S/C24H39N3O4S/c1-23(2,3)31-22(28)27-16-9-11-19-13-14-20(26-21(19)27)12-10-18-30-17-8-7-15-25-32(29)24(4,5)6/h13-15H,7-12,16-18H2,1-6H3/t32-/m1/s1. The van der Waals surface area contributed by atoms with E-state index in [1.807, 2.05) is 47.6 Å². The molecule has 1 aliphatic rings. The fourth-order valence-corrected chi connectivity index (χ4v) is 3.68. The molecule has 180 valence electrons. The first-order chi connectivity index (χ1) is 15.0. The fourth-order valence-electron chi connectivity index (χ4n) is 3.13. The average molecular weight is 466 g/mol. The van der Waals surface area contributed by atoms with Crippen LogP contribution >= 0.6 is 0 Å². The van der Waals surface area contributed by atoms with Crippen LogP contribution in [-0.2, 0) is 33.3 Å². The van der Waals surface area contributed by atoms with Crippen LogP contribution in [0.1, 0.15) is 78.5 Å². The molecule has 0 aromatic carbocycles. The zero-order chi connectivity index (χ0) is 23.8. The van der Waals surface area contributed by atoms with Crippen LogP contribution in [0.5, 0.6) is 0 Å². The summed E-state index contributed by atoms with van der Waals surface area (Å²) < 4.78 is 26.9. The number of aromatic nitrogens is 1. The highest BCUT2D eigenvalue weighted by atomic mass is 32.2. The number of amides is 1. The third-order valence-electron chi connectivity index (χ3n) is 4.75. The molecule has 1 aliphatic heterocycles. The Morgan fingerprint density at radius 2 is 1.91 bits per heavy atom. The predicted molar refractivity (Wildman–Crippen MR) is 131 cm³/mol. The van der Waals surface area contributed by atoms with Gasteiger partial charge in [0.2, 0.25) is 0 Å². The highest BCUT2D eigenvalue weighted by Crippen LogP contribution is 2.27. The Labute approximate surface area is 195 Å². The second kappa shape index (κ2) is 11.9. The van der Waals surface area contributed by atoms with Gasteiger partial charge in [0.15, 0.2) is 0 Å². The first-order valence-electron chi connectivity index (χ1n) is 11.5. The van der Waals surface area contributed by atoms with Crippen molar-refractivity contribution in [1.82, 2.24) is 4.98 Å². The number of carbonyl (C=O) groups is 1. The summed E-state index contributed by atoms with van der Waals surface area (Å²) in [5, 5.41) is 0. The lowest BCUT2D eigenvalue weighted by Gasteiger charge is -2.31. The van der Waals surface area contributed by atoms with Crippen LogP contribution in [0, 0.1) is 0 Å². The topological polar surface area (TPSA) is 81.1 Å². The number of nitrogens with zero attached hydrogens (tertiary/aromatic N) is 3. The Hall–Kier alpha value is -1.80. The number of rotatable bonds is 9. The molecule has 1 aromatic heterocycles. The number of unbranched alkanes of at least 4 members (excludes halogenated alkanes) is 1. The molecular formula is C24H39N3O4S. The Morgan fingerprint density at radius 3 is 2.59 bits per heavy atom. The van der Waals surface area contributed by atoms with Crippen LogP contribution in [0.2, 0.25) is 0 Å². The van der Waals surface area contributed by atoms with Gasteiger partial charge in [0.1, 0.15) is 22.4 Å². The van der Waals surface area contributed by atoms with Gasteiger partial charge in [0.05, 0.1) is 4.75 Å². The average Bonchev–Trinajstić information content (AvgIpc) is 2.69. The highest BCUT2D eigenvalue weighted by molar-refractivity contribution is 7.85. The fraction of sp³-hybridized carbons (Fsp3) is 0.708. The molecule has 0 N–H and O–H groups in total. The lowest BCUT2D eigenvalue weighted by Crippen LogP contribution is -2.40. The quantitative estimate of drug-likeness (QED) is 0.377. The van der Waals surface area contributed by atoms with E-state index in [0.717, 1.165) is 55.6 Å². The Kier molecular flexibility index (Phi) is 9.83. The summed E-state index contributed by atoms with van der Waals surface area (Å²) in [6, 6.07) is 4.12. The van der Waals surface area contributed by atoms with Crippen molar-refractivity contribution in [1.29, 1.82) is 0 Å². The normalized spacial score (nSPS) is 15.6. The van der Waals surface area contributed by atoms with Gasteiger partial charge in [-0.25, -0.2) is 14.0 Å². The number of carbonyl (C=O) groups excluding carboxylic acids is 1. The van der Waals surface area contributed by atoms with Crippen LogP contribution in [0.3, 0.4) is 0 Å². The van der Waals surface area contributed by atoms with E-state index in [0.29, 0.717) is 19.8 Å². The molecule has 0 fully saturated rings. The number of pyridine rings is 1. The molecule has 7 nitrogen and oxygen atoms in total. The van der Waals surface area contributed by atoms with E-state index in [-0.39, 0.29) is 10.8 Å². The van der Waals surface area contributed by atoms with Crippen molar-refractivity contribution < 1.29 is 18.5 Å². The van der Waals surface area contributed by atoms with E-state index >= 15 is 0 Å². The maximum atomic E-state index is 12.6. The van der Waals surface area contributed by atoms with Crippen molar-refractivity contribution in [2.45, 2.75) is 90.4 Å². The zero-order valence-electron chi connectivity index (χ0n) is 20.5. The minimum Gasteiger partial charge on any atom is -0.443 e. The smallest absolute Gasteiger partial charge is 0.416 e. The summed E-state index contributed by atoms with van der Waals surface area (Å²) in [7, 11) is -1.19. The highest BCUT2D eigenvalue weighted by Gasteiger charge is 2.28. The van der Waals surface area contributed by atoms with Crippen molar-refractivity contribution in [3.8, 4) is 0 Å². The molecule has 32 heavy (non-hydrogen) atoms. The van der Waals surface area contributed by atoms with Gasteiger partial charge in [0.25, 0.3) is 0 Å². The van der Waals surface area contributed by atoms with E-state index in [1.165, 1.54) is 0 Å². The van der Waals surface area contributed by atoms with Gasteiger partial charge in [-0.05, 0) is 91.7 Å². The number of ether oxygens (including phenoxy) is 2. The van der Waals surface area contributed by atoms with E-state index < -0.39 is 16.6 Å². The molecule has 1 atom stereocenters. The number of hydrogen-bond acceptors (Lipinski definition) is 5. The molecule has 0 saturated heterocycles. The van der Waals surface area contributed by atoms with Crippen molar-refractivity contribution in [2.24, 2.45) is 4.40 Å². The van der Waals surface area contributed by atoms with Gasteiger partial charge in [0, 0.05) is 31.7 Å². The van der Waals surface area contributed by atoms with Crippen LogP contribution in [0.4, 0.5) is 10.6 Å².